The van der Waals surface area contributed by atoms with Crippen molar-refractivity contribution < 1.29 is 4.74 Å². The third kappa shape index (κ3) is 4.15. The summed E-state index contributed by atoms with van der Waals surface area (Å²) in [5.41, 5.74) is 3.58. The summed E-state index contributed by atoms with van der Waals surface area (Å²) in [6.45, 7) is 5.05. The number of rotatable bonds is 6. The number of thioether (sulfide) groups is 1. The first-order chi connectivity index (χ1) is 16.3. The minimum absolute atomic E-state index is 0.408. The van der Waals surface area contributed by atoms with E-state index in [-0.39, 0.29) is 0 Å². The number of pyridine rings is 2. The molecule has 172 valence electrons. The first kappa shape index (κ1) is 20.8. The Bertz CT molecular complexity index is 1050. The van der Waals surface area contributed by atoms with Gasteiger partial charge in [-0.15, -0.1) is 11.8 Å². The Morgan fingerprint density at radius 2 is 1.94 bits per heavy atom. The predicted octanol–water partition coefficient (Wildman–Crippen LogP) is 2.97. The van der Waals surface area contributed by atoms with Crippen LogP contribution in [0.1, 0.15) is 22.9 Å². The van der Waals surface area contributed by atoms with Crippen LogP contribution in [-0.4, -0.2) is 76.2 Å². The van der Waals surface area contributed by atoms with Crippen LogP contribution in [0.5, 0.6) is 5.88 Å². The number of H-pyrrole nitrogens is 1. The maximum atomic E-state index is 5.17. The van der Waals surface area contributed by atoms with E-state index in [0.717, 1.165) is 50.0 Å². The third-order valence-electron chi connectivity index (χ3n) is 7.06. The molecule has 1 N–H and O–H groups in total. The Hall–Kier alpha value is -2.78. The lowest BCUT2D eigenvalue weighted by atomic mass is 9.87. The lowest BCUT2D eigenvalue weighted by Crippen LogP contribution is -2.68. The number of hydrogen-bond donors (Lipinski definition) is 1. The Morgan fingerprint density at radius 1 is 1.03 bits per heavy atom. The number of aromatic amines is 1. The molecule has 4 saturated heterocycles. The van der Waals surface area contributed by atoms with Crippen molar-refractivity contribution in [3.05, 3.63) is 60.2 Å². The van der Waals surface area contributed by atoms with Crippen molar-refractivity contribution in [2.24, 2.45) is 0 Å². The van der Waals surface area contributed by atoms with Crippen LogP contribution in [0.25, 0.3) is 0 Å². The van der Waals surface area contributed by atoms with Gasteiger partial charge < -0.3 is 14.5 Å². The van der Waals surface area contributed by atoms with Gasteiger partial charge in [0.05, 0.1) is 29.9 Å². The van der Waals surface area contributed by atoms with Gasteiger partial charge in [-0.05, 0) is 30.2 Å². The average molecular weight is 464 g/mol. The molecule has 3 aromatic heterocycles. The van der Waals surface area contributed by atoms with Gasteiger partial charge in [0.2, 0.25) is 5.88 Å². The zero-order chi connectivity index (χ0) is 22.2. The molecule has 0 spiro atoms. The largest absolute Gasteiger partial charge is 0.481 e. The summed E-state index contributed by atoms with van der Waals surface area (Å²) in [5, 5.41) is 7.74. The van der Waals surface area contributed by atoms with Gasteiger partial charge in [0.15, 0.2) is 0 Å². The maximum absolute atomic E-state index is 5.17. The molecule has 8 nitrogen and oxygen atoms in total. The van der Waals surface area contributed by atoms with E-state index in [1.165, 1.54) is 17.7 Å². The van der Waals surface area contributed by atoms with Gasteiger partial charge >= 0.3 is 0 Å². The second-order valence-electron chi connectivity index (χ2n) is 9.01. The summed E-state index contributed by atoms with van der Waals surface area (Å²) in [6.07, 6.45) is 7.16. The fourth-order valence-corrected chi connectivity index (χ4v) is 6.43. The molecule has 0 aromatic carbocycles. The Morgan fingerprint density at radius 3 is 2.64 bits per heavy atom. The van der Waals surface area contributed by atoms with E-state index in [4.69, 9.17) is 9.72 Å². The second-order valence-corrected chi connectivity index (χ2v) is 10.3. The van der Waals surface area contributed by atoms with Crippen molar-refractivity contribution in [2.45, 2.75) is 30.3 Å². The molecule has 2 bridgehead atoms. The minimum Gasteiger partial charge on any atom is -0.481 e. The Kier molecular flexibility index (Phi) is 5.59. The van der Waals surface area contributed by atoms with Crippen LogP contribution in [0.2, 0.25) is 0 Å². The average Bonchev–Trinajstić information content (AvgIpc) is 3.43. The van der Waals surface area contributed by atoms with Gasteiger partial charge in [-0.25, -0.2) is 9.97 Å². The fourth-order valence-electron chi connectivity index (χ4n) is 5.23. The number of methoxy groups -OCH3 is 1. The van der Waals surface area contributed by atoms with Crippen LogP contribution in [0, 0.1) is 0 Å². The molecule has 0 amide bonds. The van der Waals surface area contributed by atoms with Crippen molar-refractivity contribution in [3.63, 3.8) is 0 Å². The Labute approximate surface area is 198 Å². The molecular weight excluding hydrogens is 434 g/mol. The van der Waals surface area contributed by atoms with E-state index in [1.807, 2.05) is 36.4 Å². The minimum atomic E-state index is 0.408. The van der Waals surface area contributed by atoms with Crippen molar-refractivity contribution in [3.8, 4) is 5.88 Å². The van der Waals surface area contributed by atoms with Gasteiger partial charge in [-0.1, -0.05) is 6.07 Å². The molecular formula is C24H29N7OS. The summed E-state index contributed by atoms with van der Waals surface area (Å²) in [6, 6.07) is 11.7. The van der Waals surface area contributed by atoms with E-state index < -0.39 is 0 Å². The van der Waals surface area contributed by atoms with Gasteiger partial charge in [-0.3, -0.25) is 10.00 Å². The molecule has 3 atom stereocenters. The second kappa shape index (κ2) is 8.87. The Balaban J connectivity index is 1.07. The molecule has 7 rings (SSSR count). The van der Waals surface area contributed by atoms with Crippen molar-refractivity contribution >= 4 is 23.3 Å². The highest BCUT2D eigenvalue weighted by Gasteiger charge is 2.44. The fraction of sp³-hybridized carbons (Fsp3) is 0.458. The monoisotopic (exact) mass is 463 g/mol. The van der Waals surface area contributed by atoms with Crippen molar-refractivity contribution in [1.29, 1.82) is 0 Å². The third-order valence-corrected chi connectivity index (χ3v) is 8.27. The van der Waals surface area contributed by atoms with Gasteiger partial charge in [0.25, 0.3) is 0 Å². The summed E-state index contributed by atoms with van der Waals surface area (Å²) < 4.78 is 5.17. The number of aromatic nitrogens is 4. The number of nitrogens with one attached hydrogen (secondary N) is 1. The molecule has 0 aliphatic carbocycles. The number of ether oxygens (including phenoxy) is 1. The molecule has 4 aliphatic heterocycles. The number of fused-ring (bicyclic) bond motifs is 2. The van der Waals surface area contributed by atoms with Crippen LogP contribution in [0.3, 0.4) is 0 Å². The first-order valence-corrected chi connectivity index (χ1v) is 12.6. The highest BCUT2D eigenvalue weighted by molar-refractivity contribution is 7.99. The van der Waals surface area contributed by atoms with Crippen LogP contribution in [0.15, 0.2) is 48.9 Å². The molecule has 3 aromatic rings. The lowest BCUT2D eigenvalue weighted by molar-refractivity contribution is -0.00876. The van der Waals surface area contributed by atoms with Crippen molar-refractivity contribution in [1.82, 2.24) is 25.1 Å². The quantitative estimate of drug-likeness (QED) is 0.598. The number of piperidine rings is 1. The normalized spacial score (nSPS) is 25.1. The molecule has 0 radical (unpaired) electrons. The summed E-state index contributed by atoms with van der Waals surface area (Å²) in [4.78, 5) is 16.7. The molecule has 9 heteroatoms. The maximum Gasteiger partial charge on any atom is 0.212 e. The molecule has 7 heterocycles. The standard InChI is InChI=1S/C24H29N7OS/c1-32-24-5-2-17(11-26-24)13-31-19-10-20(31)15-30(14-19)23-4-3-18(12-25-23)29-8-9-33-22(16-29)21-6-7-27-28-21/h2-7,11-12,19-20,22H,8-10,13-16H2,1H3,(H,27,28). The topological polar surface area (TPSA) is 73.4 Å². The van der Waals surface area contributed by atoms with E-state index in [1.54, 1.807) is 7.11 Å². The predicted molar refractivity (Wildman–Crippen MR) is 131 cm³/mol. The SMILES string of the molecule is COc1ccc(CN2C3CC2CN(c2ccc(N4CCSC(c5cc[nH]n5)C4)cn2)C3)cn1. The summed E-state index contributed by atoms with van der Waals surface area (Å²) in [7, 11) is 1.65. The molecule has 0 saturated carbocycles. The van der Waals surface area contributed by atoms with Crippen LogP contribution in [-0.2, 0) is 6.54 Å². The van der Waals surface area contributed by atoms with E-state index in [2.05, 4.69) is 54.1 Å². The summed E-state index contributed by atoms with van der Waals surface area (Å²) >= 11 is 1.99. The number of hydrogen-bond acceptors (Lipinski definition) is 8. The van der Waals surface area contributed by atoms with Gasteiger partial charge in [-0.2, -0.15) is 5.10 Å². The molecule has 33 heavy (non-hydrogen) atoms. The van der Waals surface area contributed by atoms with Crippen LogP contribution >= 0.6 is 11.8 Å². The van der Waals surface area contributed by atoms with E-state index in [9.17, 15) is 0 Å². The van der Waals surface area contributed by atoms with Crippen molar-refractivity contribution in [2.75, 3.05) is 48.8 Å². The zero-order valence-corrected chi connectivity index (χ0v) is 19.6. The summed E-state index contributed by atoms with van der Waals surface area (Å²) in [5.74, 6) is 2.87. The molecule has 3 unspecified atom stereocenters. The number of piperazine rings is 1. The molecule has 4 aliphatic rings. The first-order valence-electron chi connectivity index (χ1n) is 11.6. The smallest absolute Gasteiger partial charge is 0.212 e. The van der Waals surface area contributed by atoms with Gasteiger partial charge in [0.1, 0.15) is 5.82 Å². The van der Waals surface area contributed by atoms with Gasteiger partial charge in [0, 0.05) is 69.0 Å². The zero-order valence-electron chi connectivity index (χ0n) is 18.8. The van der Waals surface area contributed by atoms with E-state index >= 15 is 0 Å². The lowest BCUT2D eigenvalue weighted by Gasteiger charge is -2.56. The van der Waals surface area contributed by atoms with Crippen LogP contribution in [0.4, 0.5) is 11.5 Å². The number of anilines is 2. The highest BCUT2D eigenvalue weighted by atomic mass is 32.2. The van der Waals surface area contributed by atoms with E-state index in [0.29, 0.717) is 23.2 Å². The number of nitrogens with zero attached hydrogens (tertiary/aromatic N) is 6. The van der Waals surface area contributed by atoms with Crippen LogP contribution < -0.4 is 14.5 Å². The highest BCUT2D eigenvalue weighted by Crippen LogP contribution is 2.37. The molecule has 4 fully saturated rings.